The van der Waals surface area contributed by atoms with E-state index in [0.717, 1.165) is 19.4 Å². The van der Waals surface area contributed by atoms with Gasteiger partial charge in [-0.25, -0.2) is 0 Å². The molecule has 7 heteroatoms. The summed E-state index contributed by atoms with van der Waals surface area (Å²) in [4.78, 5) is 12.1. The van der Waals surface area contributed by atoms with Crippen LogP contribution in [0.1, 0.15) is 19.3 Å². The molecule has 1 N–H and O–H groups in total. The largest absolute Gasteiger partial charge is 0.467 e. The molecule has 0 radical (unpaired) electrons. The van der Waals surface area contributed by atoms with E-state index in [1.807, 2.05) is 0 Å². The first kappa shape index (κ1) is 12.8. The maximum Gasteiger partial charge on any atom is 0.324 e. The fourth-order valence-corrected chi connectivity index (χ4v) is 1.77. The number of hydrogen-bond donors (Lipinski definition) is 1. The van der Waals surface area contributed by atoms with E-state index in [0.29, 0.717) is 12.5 Å². The molecule has 18 heavy (non-hydrogen) atoms. The van der Waals surface area contributed by atoms with Crippen molar-refractivity contribution in [3.63, 3.8) is 0 Å². The van der Waals surface area contributed by atoms with Gasteiger partial charge >= 0.3 is 12.0 Å². The number of methoxy groups -OCH3 is 2. The minimum atomic E-state index is 0.215. The van der Waals surface area contributed by atoms with Gasteiger partial charge in [0.25, 0.3) is 0 Å². The molecule has 0 spiro atoms. The third-order valence-electron chi connectivity index (χ3n) is 2.72. The van der Waals surface area contributed by atoms with Crippen molar-refractivity contribution < 1.29 is 14.2 Å². The Morgan fingerprint density at radius 3 is 2.44 bits per heavy atom. The Kier molecular flexibility index (Phi) is 4.52. The summed E-state index contributed by atoms with van der Waals surface area (Å²) in [5.41, 5.74) is 0. The molecule has 1 atom stereocenters. The predicted molar refractivity (Wildman–Crippen MR) is 65.0 cm³/mol. The van der Waals surface area contributed by atoms with Gasteiger partial charge in [0.2, 0.25) is 5.95 Å². The third kappa shape index (κ3) is 3.43. The highest BCUT2D eigenvalue weighted by Crippen LogP contribution is 2.15. The highest BCUT2D eigenvalue weighted by molar-refractivity contribution is 5.27. The quantitative estimate of drug-likeness (QED) is 0.835. The summed E-state index contributed by atoms with van der Waals surface area (Å²) in [6, 6.07) is 0.461. The molecule has 1 aliphatic heterocycles. The molecule has 0 amide bonds. The number of nitrogens with zero attached hydrogens (tertiary/aromatic N) is 3. The molecule has 2 heterocycles. The molecule has 1 unspecified atom stereocenters. The van der Waals surface area contributed by atoms with Gasteiger partial charge < -0.3 is 19.5 Å². The van der Waals surface area contributed by atoms with Gasteiger partial charge in [0.1, 0.15) is 0 Å². The Morgan fingerprint density at radius 2 is 1.89 bits per heavy atom. The lowest BCUT2D eigenvalue weighted by Crippen LogP contribution is -2.27. The smallest absolute Gasteiger partial charge is 0.324 e. The van der Waals surface area contributed by atoms with Crippen molar-refractivity contribution in [1.82, 2.24) is 15.0 Å². The van der Waals surface area contributed by atoms with Gasteiger partial charge in [-0.2, -0.15) is 9.97 Å². The monoisotopic (exact) mass is 254 g/mol. The first-order chi connectivity index (χ1) is 8.81. The van der Waals surface area contributed by atoms with Crippen molar-refractivity contribution in [2.75, 3.05) is 32.7 Å². The fourth-order valence-electron chi connectivity index (χ4n) is 1.77. The summed E-state index contributed by atoms with van der Waals surface area (Å²) in [6.07, 6.45) is 3.62. The van der Waals surface area contributed by atoms with E-state index in [1.54, 1.807) is 0 Å². The van der Waals surface area contributed by atoms with Gasteiger partial charge in [0.05, 0.1) is 20.3 Å². The van der Waals surface area contributed by atoms with Gasteiger partial charge in [-0.05, 0) is 19.3 Å². The Labute approximate surface area is 106 Å². The van der Waals surface area contributed by atoms with Gasteiger partial charge in [0.15, 0.2) is 0 Å². The van der Waals surface area contributed by atoms with Crippen molar-refractivity contribution >= 4 is 5.95 Å². The van der Waals surface area contributed by atoms with Crippen LogP contribution in [0.2, 0.25) is 0 Å². The fraction of sp³-hybridized carbons (Fsp3) is 0.727. The Bertz CT molecular complexity index is 360. The van der Waals surface area contributed by atoms with Crippen LogP contribution < -0.4 is 14.8 Å². The summed E-state index contributed by atoms with van der Waals surface area (Å²) in [6.45, 7) is 1.51. The van der Waals surface area contributed by atoms with Gasteiger partial charge in [-0.1, -0.05) is 0 Å². The van der Waals surface area contributed by atoms with E-state index in [9.17, 15) is 0 Å². The normalized spacial score (nSPS) is 19.3. The second-order valence-electron chi connectivity index (χ2n) is 4.00. The van der Waals surface area contributed by atoms with Crippen molar-refractivity contribution in [3.8, 4) is 12.0 Å². The van der Waals surface area contributed by atoms with Crippen molar-refractivity contribution in [2.45, 2.75) is 25.4 Å². The SMILES string of the molecule is COc1nc(NCC2CCCCO2)nc(OC)n1. The zero-order valence-electron chi connectivity index (χ0n) is 10.7. The van der Waals surface area contributed by atoms with E-state index in [2.05, 4.69) is 20.3 Å². The maximum absolute atomic E-state index is 5.62. The molecular weight excluding hydrogens is 236 g/mol. The summed E-state index contributed by atoms with van der Waals surface area (Å²) in [5.74, 6) is 0.438. The molecule has 1 aliphatic rings. The highest BCUT2D eigenvalue weighted by atomic mass is 16.5. The number of ether oxygens (including phenoxy) is 3. The third-order valence-corrected chi connectivity index (χ3v) is 2.72. The van der Waals surface area contributed by atoms with E-state index < -0.39 is 0 Å². The van der Waals surface area contributed by atoms with E-state index in [-0.39, 0.29) is 18.1 Å². The Morgan fingerprint density at radius 1 is 1.17 bits per heavy atom. The van der Waals surface area contributed by atoms with Crippen LogP contribution in [0.25, 0.3) is 0 Å². The Balaban J connectivity index is 1.94. The van der Waals surface area contributed by atoms with Crippen LogP contribution in [0.5, 0.6) is 12.0 Å². The minimum absolute atomic E-state index is 0.215. The van der Waals surface area contributed by atoms with Crippen LogP contribution in [-0.4, -0.2) is 48.4 Å². The van der Waals surface area contributed by atoms with Crippen LogP contribution in [0.4, 0.5) is 5.95 Å². The van der Waals surface area contributed by atoms with Crippen molar-refractivity contribution in [2.24, 2.45) is 0 Å². The lowest BCUT2D eigenvalue weighted by molar-refractivity contribution is 0.0246. The average Bonchev–Trinajstić information content (AvgIpc) is 2.45. The van der Waals surface area contributed by atoms with E-state index in [1.165, 1.54) is 20.6 Å². The zero-order chi connectivity index (χ0) is 12.8. The van der Waals surface area contributed by atoms with E-state index >= 15 is 0 Å². The zero-order valence-corrected chi connectivity index (χ0v) is 10.7. The molecule has 1 saturated heterocycles. The number of rotatable bonds is 5. The number of aromatic nitrogens is 3. The van der Waals surface area contributed by atoms with Gasteiger partial charge in [-0.15, -0.1) is 4.98 Å². The van der Waals surface area contributed by atoms with Gasteiger partial charge in [-0.3, -0.25) is 0 Å². The van der Waals surface area contributed by atoms with Crippen molar-refractivity contribution in [3.05, 3.63) is 0 Å². The molecule has 1 aromatic heterocycles. The Hall–Kier alpha value is -1.63. The molecule has 100 valence electrons. The van der Waals surface area contributed by atoms with Crippen LogP contribution in [0.3, 0.4) is 0 Å². The second-order valence-corrected chi connectivity index (χ2v) is 4.00. The van der Waals surface area contributed by atoms with Crippen LogP contribution in [0, 0.1) is 0 Å². The molecule has 7 nitrogen and oxygen atoms in total. The number of anilines is 1. The summed E-state index contributed by atoms with van der Waals surface area (Å²) < 4.78 is 15.6. The van der Waals surface area contributed by atoms with Gasteiger partial charge in [0, 0.05) is 13.2 Å². The molecule has 1 fully saturated rings. The lowest BCUT2D eigenvalue weighted by Gasteiger charge is -2.22. The number of hydrogen-bond acceptors (Lipinski definition) is 7. The topological polar surface area (TPSA) is 78.4 Å². The van der Waals surface area contributed by atoms with Crippen LogP contribution >= 0.6 is 0 Å². The second kappa shape index (κ2) is 6.34. The molecule has 0 bridgehead atoms. The van der Waals surface area contributed by atoms with E-state index in [4.69, 9.17) is 14.2 Å². The lowest BCUT2D eigenvalue weighted by atomic mass is 10.1. The maximum atomic E-state index is 5.62. The summed E-state index contributed by atoms with van der Waals surface area (Å²) >= 11 is 0. The van der Waals surface area contributed by atoms with Crippen molar-refractivity contribution in [1.29, 1.82) is 0 Å². The average molecular weight is 254 g/mol. The molecular formula is C11H18N4O3. The molecule has 1 aromatic rings. The molecule has 2 rings (SSSR count). The molecule has 0 saturated carbocycles. The summed E-state index contributed by atoms with van der Waals surface area (Å²) in [7, 11) is 3.01. The highest BCUT2D eigenvalue weighted by Gasteiger charge is 2.14. The first-order valence-electron chi connectivity index (χ1n) is 6.01. The molecule has 0 aromatic carbocycles. The standard InChI is InChI=1S/C11H18N4O3/c1-16-10-13-9(14-11(15-10)17-2)12-7-8-5-3-4-6-18-8/h8H,3-7H2,1-2H3,(H,12,13,14,15). The first-order valence-corrected chi connectivity index (χ1v) is 6.01. The predicted octanol–water partition coefficient (Wildman–Crippen LogP) is 0.870. The minimum Gasteiger partial charge on any atom is -0.467 e. The summed E-state index contributed by atoms with van der Waals surface area (Å²) in [5, 5.41) is 3.12. The van der Waals surface area contributed by atoms with Crippen LogP contribution in [-0.2, 0) is 4.74 Å². The number of nitrogens with one attached hydrogen (secondary N) is 1. The van der Waals surface area contributed by atoms with Crippen LogP contribution in [0.15, 0.2) is 0 Å². The molecule has 0 aliphatic carbocycles.